The average Bonchev–Trinajstić information content (AvgIpc) is 2.42. The Bertz CT molecular complexity index is 707. The van der Waals surface area contributed by atoms with Crippen LogP contribution in [-0.2, 0) is 9.84 Å². The molecule has 0 aromatic heterocycles. The number of hydrogen-bond donors (Lipinski definition) is 0. The SMILES string of the molecule is O=S(=O)(C(=CF)c1ccccc1F)c1ccccc1. The highest BCUT2D eigenvalue weighted by Gasteiger charge is 2.24. The molecule has 0 N–H and O–H groups in total. The molecule has 0 amide bonds. The molecule has 0 aliphatic carbocycles. The Labute approximate surface area is 109 Å². The molecule has 5 heteroatoms. The van der Waals surface area contributed by atoms with E-state index in [1.165, 1.54) is 42.5 Å². The van der Waals surface area contributed by atoms with Crippen LogP contribution in [0.15, 0.2) is 65.8 Å². The van der Waals surface area contributed by atoms with E-state index < -0.39 is 20.6 Å². The van der Waals surface area contributed by atoms with Gasteiger partial charge >= 0.3 is 0 Å². The van der Waals surface area contributed by atoms with Crippen LogP contribution in [0.2, 0.25) is 0 Å². The van der Waals surface area contributed by atoms with Crippen LogP contribution in [0.4, 0.5) is 8.78 Å². The first kappa shape index (κ1) is 13.4. The van der Waals surface area contributed by atoms with Crippen molar-refractivity contribution in [2.24, 2.45) is 0 Å². The van der Waals surface area contributed by atoms with Gasteiger partial charge in [0.1, 0.15) is 17.1 Å². The zero-order valence-corrected chi connectivity index (χ0v) is 10.6. The summed E-state index contributed by atoms with van der Waals surface area (Å²) in [7, 11) is -4.08. The first-order valence-corrected chi connectivity index (χ1v) is 6.91. The summed E-state index contributed by atoms with van der Waals surface area (Å²) in [5, 5.41) is 0. The minimum atomic E-state index is -4.08. The Kier molecular flexibility index (Phi) is 3.76. The minimum absolute atomic E-state index is 0.0813. The van der Waals surface area contributed by atoms with Gasteiger partial charge in [-0.15, -0.1) is 0 Å². The first-order chi connectivity index (χ1) is 9.07. The predicted molar refractivity (Wildman–Crippen MR) is 69.1 cm³/mol. The van der Waals surface area contributed by atoms with Gasteiger partial charge in [0.25, 0.3) is 0 Å². The third-order valence-corrected chi connectivity index (χ3v) is 4.36. The highest BCUT2D eigenvalue weighted by molar-refractivity contribution is 8.00. The fraction of sp³-hybridized carbons (Fsp3) is 0. The summed E-state index contributed by atoms with van der Waals surface area (Å²) in [6, 6.07) is 12.5. The van der Waals surface area contributed by atoms with Crippen molar-refractivity contribution >= 4 is 14.7 Å². The van der Waals surface area contributed by atoms with Crippen LogP contribution in [0.1, 0.15) is 5.56 Å². The van der Waals surface area contributed by atoms with Crippen LogP contribution in [0.5, 0.6) is 0 Å². The highest BCUT2D eigenvalue weighted by Crippen LogP contribution is 2.29. The second-order valence-corrected chi connectivity index (χ2v) is 5.69. The molecule has 2 aromatic carbocycles. The Morgan fingerprint density at radius 3 is 2.11 bits per heavy atom. The second-order valence-electron chi connectivity index (χ2n) is 3.77. The van der Waals surface area contributed by atoms with Gasteiger partial charge in [-0.25, -0.2) is 17.2 Å². The van der Waals surface area contributed by atoms with E-state index in [2.05, 4.69) is 0 Å². The van der Waals surface area contributed by atoms with Crippen LogP contribution in [0.3, 0.4) is 0 Å². The second kappa shape index (κ2) is 5.32. The molecule has 98 valence electrons. The molecule has 0 fully saturated rings. The number of hydrogen-bond acceptors (Lipinski definition) is 2. The van der Waals surface area contributed by atoms with E-state index in [0.29, 0.717) is 0 Å². The fourth-order valence-corrected chi connectivity index (χ4v) is 2.99. The van der Waals surface area contributed by atoms with Gasteiger partial charge in [-0.1, -0.05) is 36.4 Å². The normalized spacial score (nSPS) is 12.4. The molecule has 0 saturated heterocycles. The first-order valence-electron chi connectivity index (χ1n) is 5.43. The van der Waals surface area contributed by atoms with Gasteiger partial charge in [-0.2, -0.15) is 0 Å². The van der Waals surface area contributed by atoms with Gasteiger partial charge in [0.05, 0.1) is 4.90 Å². The van der Waals surface area contributed by atoms with Gasteiger partial charge in [-0.05, 0) is 18.2 Å². The van der Waals surface area contributed by atoms with Crippen molar-refractivity contribution < 1.29 is 17.2 Å². The maximum atomic E-state index is 13.6. The lowest BCUT2D eigenvalue weighted by Gasteiger charge is -2.08. The van der Waals surface area contributed by atoms with Crippen molar-refractivity contribution in [3.05, 3.63) is 72.3 Å². The molecule has 0 aliphatic rings. The molecule has 0 aliphatic heterocycles. The largest absolute Gasteiger partial charge is 0.218 e. The third-order valence-electron chi connectivity index (χ3n) is 2.58. The Balaban J connectivity index is 2.60. The summed E-state index contributed by atoms with van der Waals surface area (Å²) in [6.45, 7) is 0. The van der Waals surface area contributed by atoms with Crippen LogP contribution in [0.25, 0.3) is 4.91 Å². The van der Waals surface area contributed by atoms with Crippen molar-refractivity contribution in [1.29, 1.82) is 0 Å². The summed E-state index contributed by atoms with van der Waals surface area (Å²) >= 11 is 0. The number of benzene rings is 2. The molecule has 0 bridgehead atoms. The van der Waals surface area contributed by atoms with E-state index >= 15 is 0 Å². The van der Waals surface area contributed by atoms with E-state index in [9.17, 15) is 17.2 Å². The zero-order valence-electron chi connectivity index (χ0n) is 9.75. The van der Waals surface area contributed by atoms with Crippen molar-refractivity contribution in [1.82, 2.24) is 0 Å². The van der Waals surface area contributed by atoms with Crippen LogP contribution < -0.4 is 0 Å². The van der Waals surface area contributed by atoms with Crippen molar-refractivity contribution in [3.63, 3.8) is 0 Å². The van der Waals surface area contributed by atoms with Gasteiger partial charge in [0.2, 0.25) is 9.84 Å². The predicted octanol–water partition coefficient (Wildman–Crippen LogP) is 3.57. The maximum absolute atomic E-state index is 13.6. The molecule has 0 heterocycles. The summed E-state index contributed by atoms with van der Waals surface area (Å²) in [4.78, 5) is -0.765. The minimum Gasteiger partial charge on any atom is -0.218 e. The van der Waals surface area contributed by atoms with E-state index in [-0.39, 0.29) is 16.8 Å². The van der Waals surface area contributed by atoms with E-state index in [4.69, 9.17) is 0 Å². The smallest absolute Gasteiger partial charge is 0.209 e. The zero-order chi connectivity index (χ0) is 13.9. The molecule has 0 unspecified atom stereocenters. The molecule has 0 spiro atoms. The van der Waals surface area contributed by atoms with Crippen LogP contribution in [-0.4, -0.2) is 8.42 Å². The van der Waals surface area contributed by atoms with Gasteiger partial charge in [-0.3, -0.25) is 0 Å². The summed E-state index contributed by atoms with van der Waals surface area (Å²) < 4.78 is 51.1. The standard InChI is InChI=1S/C14H10F2O2S/c15-10-14(12-8-4-5-9-13(12)16)19(17,18)11-6-2-1-3-7-11/h1-10H. The molecule has 2 nitrogen and oxygen atoms in total. The van der Waals surface area contributed by atoms with E-state index in [1.54, 1.807) is 6.07 Å². The quantitative estimate of drug-likeness (QED) is 0.861. The Morgan fingerprint density at radius 1 is 0.947 bits per heavy atom. The van der Waals surface area contributed by atoms with E-state index in [0.717, 1.165) is 6.07 Å². The topological polar surface area (TPSA) is 34.1 Å². The highest BCUT2D eigenvalue weighted by atomic mass is 32.2. The molecular weight excluding hydrogens is 270 g/mol. The van der Waals surface area contributed by atoms with Gasteiger partial charge < -0.3 is 0 Å². The van der Waals surface area contributed by atoms with Crippen LogP contribution in [0, 0.1) is 5.82 Å². The molecule has 0 saturated carbocycles. The lowest BCUT2D eigenvalue weighted by Crippen LogP contribution is -2.05. The monoisotopic (exact) mass is 280 g/mol. The number of sulfone groups is 1. The Hall–Kier alpha value is -2.01. The van der Waals surface area contributed by atoms with E-state index in [1.807, 2.05) is 0 Å². The molecular formula is C14H10F2O2S. The average molecular weight is 280 g/mol. The fourth-order valence-electron chi connectivity index (χ4n) is 1.65. The Morgan fingerprint density at radius 2 is 1.53 bits per heavy atom. The maximum Gasteiger partial charge on any atom is 0.209 e. The third kappa shape index (κ3) is 2.56. The summed E-state index contributed by atoms with van der Waals surface area (Å²) in [6.07, 6.45) is -0.0826. The lowest BCUT2D eigenvalue weighted by atomic mass is 10.2. The van der Waals surface area contributed by atoms with Gasteiger partial charge in [0.15, 0.2) is 0 Å². The molecule has 0 atom stereocenters. The molecule has 19 heavy (non-hydrogen) atoms. The van der Waals surface area contributed by atoms with Crippen molar-refractivity contribution in [3.8, 4) is 0 Å². The molecule has 2 rings (SSSR count). The molecule has 2 aromatic rings. The number of rotatable bonds is 3. The van der Waals surface area contributed by atoms with Crippen LogP contribution >= 0.6 is 0 Å². The lowest BCUT2D eigenvalue weighted by molar-refractivity contribution is 0.601. The van der Waals surface area contributed by atoms with Gasteiger partial charge in [0, 0.05) is 5.56 Å². The van der Waals surface area contributed by atoms with Crippen molar-refractivity contribution in [2.45, 2.75) is 4.90 Å². The summed E-state index contributed by atoms with van der Waals surface area (Å²) in [5.41, 5.74) is -0.283. The number of halogens is 2. The summed E-state index contributed by atoms with van der Waals surface area (Å²) in [5.74, 6) is -0.786. The molecule has 0 radical (unpaired) electrons. The van der Waals surface area contributed by atoms with Crippen molar-refractivity contribution in [2.75, 3.05) is 0 Å².